The second-order valence-electron chi connectivity index (χ2n) is 17.1. The SMILES string of the molecule is c1ccc(-c2cc(-c3ccccc3)nc(-c3cccc(-c4cccc(-c5cc6c(cc5-c5ccc7ccccc7c5)-c5ccccc5C6(c5ccccc5)c5ccccc5)c4)c3)c2)cc1. The van der Waals surface area contributed by atoms with Crippen molar-refractivity contribution in [1.82, 2.24) is 4.98 Å². The van der Waals surface area contributed by atoms with E-state index in [1.165, 1.54) is 72.0 Å². The molecule has 1 nitrogen and oxygen atoms in total. The van der Waals surface area contributed by atoms with Gasteiger partial charge < -0.3 is 0 Å². The highest BCUT2D eigenvalue weighted by Crippen LogP contribution is 2.58. The Hall–Kier alpha value is -8.39. The van der Waals surface area contributed by atoms with E-state index in [9.17, 15) is 0 Å². The molecule has 304 valence electrons. The van der Waals surface area contributed by atoms with E-state index >= 15 is 0 Å². The van der Waals surface area contributed by atoms with E-state index in [4.69, 9.17) is 4.98 Å². The lowest BCUT2D eigenvalue weighted by atomic mass is 9.67. The fourth-order valence-corrected chi connectivity index (χ4v) is 10.3. The molecular weight excluding hydrogens is 783 g/mol. The summed E-state index contributed by atoms with van der Waals surface area (Å²) in [6.45, 7) is 0. The van der Waals surface area contributed by atoms with Gasteiger partial charge in [0.25, 0.3) is 0 Å². The van der Waals surface area contributed by atoms with Crippen LogP contribution in [0.2, 0.25) is 0 Å². The highest BCUT2D eigenvalue weighted by atomic mass is 14.7. The van der Waals surface area contributed by atoms with Crippen LogP contribution in [0.15, 0.2) is 261 Å². The average Bonchev–Trinajstić information content (AvgIpc) is 3.69. The van der Waals surface area contributed by atoms with Gasteiger partial charge in [0.2, 0.25) is 0 Å². The molecule has 0 aliphatic heterocycles. The second kappa shape index (κ2) is 16.1. The summed E-state index contributed by atoms with van der Waals surface area (Å²) in [7, 11) is 0. The van der Waals surface area contributed by atoms with Gasteiger partial charge in [-0.25, -0.2) is 4.98 Å². The maximum atomic E-state index is 5.28. The molecule has 1 aliphatic rings. The quantitative estimate of drug-likeness (QED) is 0.149. The lowest BCUT2D eigenvalue weighted by Crippen LogP contribution is -2.28. The van der Waals surface area contributed by atoms with Crippen molar-refractivity contribution in [3.8, 4) is 78.1 Å². The van der Waals surface area contributed by atoms with Crippen LogP contribution in [0, 0.1) is 0 Å². The van der Waals surface area contributed by atoms with E-state index in [0.29, 0.717) is 0 Å². The minimum Gasteiger partial charge on any atom is -0.248 e. The molecule has 0 N–H and O–H groups in total. The molecule has 0 atom stereocenters. The third-order valence-corrected chi connectivity index (χ3v) is 13.3. The summed E-state index contributed by atoms with van der Waals surface area (Å²) in [5, 5.41) is 2.46. The molecule has 0 fully saturated rings. The van der Waals surface area contributed by atoms with Crippen molar-refractivity contribution < 1.29 is 0 Å². The highest BCUT2D eigenvalue weighted by molar-refractivity contribution is 5.97. The van der Waals surface area contributed by atoms with Crippen molar-refractivity contribution in [2.75, 3.05) is 0 Å². The molecule has 1 heterocycles. The molecule has 10 aromatic carbocycles. The summed E-state index contributed by atoms with van der Waals surface area (Å²) in [5.41, 5.74) is 20.6. The van der Waals surface area contributed by atoms with Gasteiger partial charge in [0, 0.05) is 11.1 Å². The van der Waals surface area contributed by atoms with Crippen LogP contribution < -0.4 is 0 Å². The largest absolute Gasteiger partial charge is 0.248 e. The second-order valence-corrected chi connectivity index (χ2v) is 17.1. The Bertz CT molecular complexity index is 3420. The van der Waals surface area contributed by atoms with E-state index in [2.05, 4.69) is 261 Å². The number of pyridine rings is 1. The number of fused-ring (bicyclic) bond motifs is 4. The maximum absolute atomic E-state index is 5.28. The van der Waals surface area contributed by atoms with Crippen molar-refractivity contribution in [1.29, 1.82) is 0 Å². The van der Waals surface area contributed by atoms with E-state index in [-0.39, 0.29) is 0 Å². The first-order valence-corrected chi connectivity index (χ1v) is 22.4. The lowest BCUT2D eigenvalue weighted by molar-refractivity contribution is 0.769. The summed E-state index contributed by atoms with van der Waals surface area (Å²) in [6, 6.07) is 95.3. The number of nitrogens with zero attached hydrogens (tertiary/aromatic N) is 1. The third kappa shape index (κ3) is 6.69. The average molecular weight is 826 g/mol. The van der Waals surface area contributed by atoms with Crippen LogP contribution in [0.25, 0.3) is 88.9 Å². The predicted molar refractivity (Wildman–Crippen MR) is 272 cm³/mol. The van der Waals surface area contributed by atoms with Gasteiger partial charge in [-0.3, -0.25) is 0 Å². The first-order valence-electron chi connectivity index (χ1n) is 22.4. The molecule has 1 heteroatoms. The third-order valence-electron chi connectivity index (χ3n) is 13.3. The summed E-state index contributed by atoms with van der Waals surface area (Å²) < 4.78 is 0. The molecule has 0 spiro atoms. The summed E-state index contributed by atoms with van der Waals surface area (Å²) >= 11 is 0. The monoisotopic (exact) mass is 825 g/mol. The predicted octanol–water partition coefficient (Wildman–Crippen LogP) is 16.6. The maximum Gasteiger partial charge on any atom is 0.0715 e. The Morgan fingerprint density at radius 3 is 1.42 bits per heavy atom. The first-order chi connectivity index (χ1) is 32.2. The summed E-state index contributed by atoms with van der Waals surface area (Å²) in [5.74, 6) is 0. The first kappa shape index (κ1) is 38.3. The molecule has 65 heavy (non-hydrogen) atoms. The Labute approximate surface area is 380 Å². The van der Waals surface area contributed by atoms with Crippen molar-refractivity contribution >= 4 is 10.8 Å². The molecule has 11 aromatic rings. The van der Waals surface area contributed by atoms with Gasteiger partial charge in [-0.2, -0.15) is 0 Å². The Kier molecular flexibility index (Phi) is 9.46. The number of aromatic nitrogens is 1. The number of rotatable bonds is 8. The Morgan fingerprint density at radius 1 is 0.231 bits per heavy atom. The molecule has 0 saturated carbocycles. The minimum atomic E-state index is -0.517. The van der Waals surface area contributed by atoms with Gasteiger partial charge in [0.15, 0.2) is 0 Å². The van der Waals surface area contributed by atoms with Crippen LogP contribution in [0.4, 0.5) is 0 Å². The van der Waals surface area contributed by atoms with Crippen molar-refractivity contribution in [3.05, 3.63) is 283 Å². The van der Waals surface area contributed by atoms with Gasteiger partial charge in [-0.15, -0.1) is 0 Å². The minimum absolute atomic E-state index is 0.517. The summed E-state index contributed by atoms with van der Waals surface area (Å²) in [6.07, 6.45) is 0. The molecule has 0 bridgehead atoms. The normalized spacial score (nSPS) is 12.4. The standard InChI is InChI=1S/C64H43N/c1-5-19-44(20-6-1)53-40-62(46-22-7-2-8-23-46)65-63(41-53)52-28-18-26-49(39-52)48-25-17-27-50(38-48)58-43-61-59(42-57(58)51-36-35-45-21-13-14-24-47(45)37-51)56-33-15-16-34-60(56)64(61,54-29-9-3-10-30-54)55-31-11-4-12-32-55/h1-43H. The molecule has 1 aromatic heterocycles. The topological polar surface area (TPSA) is 12.9 Å². The van der Waals surface area contributed by atoms with Gasteiger partial charge in [-0.05, 0) is 131 Å². The number of hydrogen-bond donors (Lipinski definition) is 0. The Balaban J connectivity index is 1.06. The highest BCUT2D eigenvalue weighted by Gasteiger charge is 2.46. The molecule has 0 amide bonds. The van der Waals surface area contributed by atoms with E-state index in [0.717, 1.165) is 39.2 Å². The van der Waals surface area contributed by atoms with Crippen molar-refractivity contribution in [2.24, 2.45) is 0 Å². The van der Waals surface area contributed by atoms with Crippen LogP contribution >= 0.6 is 0 Å². The van der Waals surface area contributed by atoms with Crippen LogP contribution in [-0.2, 0) is 5.41 Å². The smallest absolute Gasteiger partial charge is 0.0715 e. The molecule has 0 saturated heterocycles. The number of hydrogen-bond acceptors (Lipinski definition) is 1. The van der Waals surface area contributed by atoms with Gasteiger partial charge in [0.05, 0.1) is 16.8 Å². The van der Waals surface area contributed by atoms with Gasteiger partial charge >= 0.3 is 0 Å². The molecular formula is C64H43N. The van der Waals surface area contributed by atoms with Crippen LogP contribution in [0.1, 0.15) is 22.3 Å². The lowest BCUT2D eigenvalue weighted by Gasteiger charge is -2.34. The Morgan fingerprint density at radius 2 is 0.723 bits per heavy atom. The molecule has 1 aliphatic carbocycles. The molecule has 12 rings (SSSR count). The van der Waals surface area contributed by atoms with E-state index in [1.54, 1.807) is 0 Å². The molecule has 0 unspecified atom stereocenters. The fourth-order valence-electron chi connectivity index (χ4n) is 10.3. The zero-order chi connectivity index (χ0) is 43.2. The van der Waals surface area contributed by atoms with Gasteiger partial charge in [-0.1, -0.05) is 218 Å². The molecule has 0 radical (unpaired) electrons. The zero-order valence-electron chi connectivity index (χ0n) is 35.8. The van der Waals surface area contributed by atoms with Crippen LogP contribution in [-0.4, -0.2) is 4.98 Å². The van der Waals surface area contributed by atoms with Crippen LogP contribution in [0.5, 0.6) is 0 Å². The van der Waals surface area contributed by atoms with E-state index < -0.39 is 5.41 Å². The zero-order valence-corrected chi connectivity index (χ0v) is 35.8. The number of benzene rings is 10. The van der Waals surface area contributed by atoms with Crippen LogP contribution in [0.3, 0.4) is 0 Å². The van der Waals surface area contributed by atoms with Crippen molar-refractivity contribution in [2.45, 2.75) is 5.41 Å². The van der Waals surface area contributed by atoms with Gasteiger partial charge in [0.1, 0.15) is 0 Å². The fraction of sp³-hybridized carbons (Fsp3) is 0.0156. The van der Waals surface area contributed by atoms with Crippen molar-refractivity contribution in [3.63, 3.8) is 0 Å². The summed E-state index contributed by atoms with van der Waals surface area (Å²) in [4.78, 5) is 5.28. The van der Waals surface area contributed by atoms with E-state index in [1.807, 2.05) is 0 Å².